The fourth-order valence-electron chi connectivity index (χ4n) is 3.61. The van der Waals surface area contributed by atoms with E-state index in [1.54, 1.807) is 7.11 Å². The Morgan fingerprint density at radius 2 is 2.13 bits per heavy atom. The van der Waals surface area contributed by atoms with Gasteiger partial charge in [0.2, 0.25) is 0 Å². The molecule has 23 heavy (non-hydrogen) atoms. The molecule has 0 saturated carbocycles. The topological polar surface area (TPSA) is 28.3 Å². The predicted molar refractivity (Wildman–Crippen MR) is 97.2 cm³/mol. The summed E-state index contributed by atoms with van der Waals surface area (Å²) in [6.45, 7) is 9.49. The number of aromatic nitrogens is 1. The molecule has 1 aliphatic heterocycles. The van der Waals surface area contributed by atoms with Crippen LogP contribution >= 0.6 is 0 Å². The molecule has 2 aromatic rings. The standard InChI is InChI=1S/C20H30N2O/c1-20(2,3)9-11-22-10-5-6-16(22)12-15-14-21-19-8-7-17(23-4)13-18(15)19/h7-8,13-14,16,21H,5-6,9-12H2,1-4H3/t16-/m1/s1. The molecule has 1 saturated heterocycles. The van der Waals surface area contributed by atoms with E-state index in [0.717, 1.165) is 12.2 Å². The van der Waals surface area contributed by atoms with E-state index in [2.05, 4.69) is 49.0 Å². The molecular weight excluding hydrogens is 284 g/mol. The number of aromatic amines is 1. The van der Waals surface area contributed by atoms with Crippen molar-refractivity contribution in [2.24, 2.45) is 5.41 Å². The van der Waals surface area contributed by atoms with Crippen molar-refractivity contribution in [2.45, 2.75) is 52.5 Å². The lowest BCUT2D eigenvalue weighted by Gasteiger charge is -2.28. The van der Waals surface area contributed by atoms with Gasteiger partial charge in [-0.2, -0.15) is 0 Å². The Morgan fingerprint density at radius 1 is 1.30 bits per heavy atom. The molecule has 126 valence electrons. The van der Waals surface area contributed by atoms with Gasteiger partial charge in [0.05, 0.1) is 7.11 Å². The van der Waals surface area contributed by atoms with Crippen molar-refractivity contribution in [1.82, 2.24) is 9.88 Å². The molecular formula is C20H30N2O. The smallest absolute Gasteiger partial charge is 0.119 e. The van der Waals surface area contributed by atoms with Gasteiger partial charge >= 0.3 is 0 Å². The summed E-state index contributed by atoms with van der Waals surface area (Å²) < 4.78 is 5.39. The minimum atomic E-state index is 0.418. The largest absolute Gasteiger partial charge is 0.497 e. The fraction of sp³-hybridized carbons (Fsp3) is 0.600. The zero-order chi connectivity index (χ0) is 16.4. The number of methoxy groups -OCH3 is 1. The molecule has 1 atom stereocenters. The Balaban J connectivity index is 1.73. The number of benzene rings is 1. The molecule has 1 aromatic carbocycles. The van der Waals surface area contributed by atoms with Gasteiger partial charge in [0, 0.05) is 23.1 Å². The molecule has 1 fully saturated rings. The quantitative estimate of drug-likeness (QED) is 0.872. The molecule has 1 aromatic heterocycles. The third kappa shape index (κ3) is 3.89. The predicted octanol–water partition coefficient (Wildman–Crippen LogP) is 4.62. The second-order valence-electron chi connectivity index (χ2n) is 8.07. The van der Waals surface area contributed by atoms with Crippen LogP contribution in [-0.4, -0.2) is 36.1 Å². The van der Waals surface area contributed by atoms with Crippen LogP contribution < -0.4 is 4.74 Å². The number of hydrogen-bond acceptors (Lipinski definition) is 2. The van der Waals surface area contributed by atoms with Crippen LogP contribution in [0.25, 0.3) is 10.9 Å². The van der Waals surface area contributed by atoms with Crippen LogP contribution in [0.4, 0.5) is 0 Å². The zero-order valence-corrected chi connectivity index (χ0v) is 15.0. The SMILES string of the molecule is COc1ccc2[nH]cc(C[C@H]3CCCN3CCC(C)(C)C)c2c1. The van der Waals surface area contributed by atoms with E-state index in [4.69, 9.17) is 4.74 Å². The Morgan fingerprint density at radius 3 is 2.87 bits per heavy atom. The van der Waals surface area contributed by atoms with Crippen molar-refractivity contribution in [1.29, 1.82) is 0 Å². The van der Waals surface area contributed by atoms with Gasteiger partial charge in [-0.15, -0.1) is 0 Å². The van der Waals surface area contributed by atoms with Crippen molar-refractivity contribution in [3.63, 3.8) is 0 Å². The fourth-order valence-corrected chi connectivity index (χ4v) is 3.61. The highest BCUT2D eigenvalue weighted by Crippen LogP contribution is 2.29. The first kappa shape index (κ1) is 16.4. The van der Waals surface area contributed by atoms with Crippen molar-refractivity contribution < 1.29 is 4.74 Å². The van der Waals surface area contributed by atoms with Crippen LogP contribution in [0.2, 0.25) is 0 Å². The highest BCUT2D eigenvalue weighted by atomic mass is 16.5. The number of fused-ring (bicyclic) bond motifs is 1. The van der Waals surface area contributed by atoms with Crippen LogP contribution in [0.15, 0.2) is 24.4 Å². The number of nitrogens with one attached hydrogen (secondary N) is 1. The highest BCUT2D eigenvalue weighted by Gasteiger charge is 2.26. The van der Waals surface area contributed by atoms with Gasteiger partial charge in [0.15, 0.2) is 0 Å². The summed E-state index contributed by atoms with van der Waals surface area (Å²) in [5.74, 6) is 0.939. The van der Waals surface area contributed by atoms with E-state index in [1.165, 1.54) is 48.8 Å². The first-order valence-electron chi connectivity index (χ1n) is 8.84. The molecule has 3 nitrogen and oxygen atoms in total. The van der Waals surface area contributed by atoms with Crippen LogP contribution in [0.3, 0.4) is 0 Å². The summed E-state index contributed by atoms with van der Waals surface area (Å²) in [7, 11) is 1.73. The van der Waals surface area contributed by atoms with Crippen LogP contribution in [-0.2, 0) is 6.42 Å². The number of likely N-dealkylation sites (tertiary alicyclic amines) is 1. The van der Waals surface area contributed by atoms with E-state index in [-0.39, 0.29) is 0 Å². The number of nitrogens with zero attached hydrogens (tertiary/aromatic N) is 1. The molecule has 1 aliphatic rings. The number of H-pyrrole nitrogens is 1. The second-order valence-corrected chi connectivity index (χ2v) is 8.07. The Kier molecular flexibility index (Phi) is 4.67. The molecule has 2 heterocycles. The number of hydrogen-bond donors (Lipinski definition) is 1. The third-order valence-corrected chi connectivity index (χ3v) is 5.08. The minimum Gasteiger partial charge on any atom is -0.497 e. The van der Waals surface area contributed by atoms with Crippen molar-refractivity contribution >= 4 is 10.9 Å². The molecule has 0 spiro atoms. The monoisotopic (exact) mass is 314 g/mol. The molecule has 3 heteroatoms. The van der Waals surface area contributed by atoms with E-state index < -0.39 is 0 Å². The summed E-state index contributed by atoms with van der Waals surface area (Å²) in [4.78, 5) is 6.11. The van der Waals surface area contributed by atoms with Crippen LogP contribution in [0.1, 0.15) is 45.6 Å². The molecule has 0 amide bonds. The average molecular weight is 314 g/mol. The number of ether oxygens (including phenoxy) is 1. The molecule has 1 N–H and O–H groups in total. The van der Waals surface area contributed by atoms with Gasteiger partial charge in [-0.25, -0.2) is 0 Å². The maximum absolute atomic E-state index is 5.39. The Labute approximate surface area is 140 Å². The van der Waals surface area contributed by atoms with Crippen LogP contribution in [0.5, 0.6) is 5.75 Å². The van der Waals surface area contributed by atoms with Crippen molar-refractivity contribution in [3.05, 3.63) is 30.0 Å². The lowest BCUT2D eigenvalue weighted by atomic mass is 9.92. The summed E-state index contributed by atoms with van der Waals surface area (Å²) in [5, 5.41) is 1.31. The van der Waals surface area contributed by atoms with Gasteiger partial charge in [-0.3, -0.25) is 0 Å². The summed E-state index contributed by atoms with van der Waals surface area (Å²) in [6, 6.07) is 6.98. The van der Waals surface area contributed by atoms with Gasteiger partial charge in [-0.1, -0.05) is 20.8 Å². The normalized spacial score (nSPS) is 19.6. The van der Waals surface area contributed by atoms with Gasteiger partial charge in [0.1, 0.15) is 5.75 Å². The Bertz CT molecular complexity index is 653. The number of rotatable bonds is 5. The van der Waals surface area contributed by atoms with Crippen LogP contribution in [0, 0.1) is 5.41 Å². The lowest BCUT2D eigenvalue weighted by Crippen LogP contribution is -2.33. The summed E-state index contributed by atoms with van der Waals surface area (Å²) in [6.07, 6.45) is 7.24. The van der Waals surface area contributed by atoms with Gasteiger partial charge < -0.3 is 14.6 Å². The molecule has 3 rings (SSSR count). The average Bonchev–Trinajstić information content (AvgIpc) is 3.11. The summed E-state index contributed by atoms with van der Waals surface area (Å²) in [5.41, 5.74) is 3.05. The van der Waals surface area contributed by atoms with Crippen molar-refractivity contribution in [3.8, 4) is 5.75 Å². The van der Waals surface area contributed by atoms with E-state index in [0.29, 0.717) is 11.5 Å². The second kappa shape index (κ2) is 6.56. The summed E-state index contributed by atoms with van der Waals surface area (Å²) >= 11 is 0. The van der Waals surface area contributed by atoms with Gasteiger partial charge in [0.25, 0.3) is 0 Å². The van der Waals surface area contributed by atoms with E-state index in [1.807, 2.05) is 6.07 Å². The molecule has 0 radical (unpaired) electrons. The first-order valence-corrected chi connectivity index (χ1v) is 8.84. The maximum atomic E-state index is 5.39. The maximum Gasteiger partial charge on any atom is 0.119 e. The zero-order valence-electron chi connectivity index (χ0n) is 15.0. The molecule has 0 aliphatic carbocycles. The molecule has 0 bridgehead atoms. The van der Waals surface area contributed by atoms with E-state index >= 15 is 0 Å². The van der Waals surface area contributed by atoms with Gasteiger partial charge in [-0.05, 0) is 68.0 Å². The first-order chi connectivity index (χ1) is 11.0. The lowest BCUT2D eigenvalue weighted by molar-refractivity contribution is 0.212. The third-order valence-electron chi connectivity index (χ3n) is 5.08. The minimum absolute atomic E-state index is 0.418. The van der Waals surface area contributed by atoms with E-state index in [9.17, 15) is 0 Å². The Hall–Kier alpha value is -1.48. The van der Waals surface area contributed by atoms with Crippen molar-refractivity contribution in [2.75, 3.05) is 20.2 Å². The highest BCUT2D eigenvalue weighted by molar-refractivity contribution is 5.84. The molecule has 0 unspecified atom stereocenters.